The van der Waals surface area contributed by atoms with Crippen LogP contribution in [0.4, 0.5) is 0 Å². The second-order valence-corrected chi connectivity index (χ2v) is 7.36. The fraction of sp³-hybridized carbons (Fsp3) is 0.308. The number of aryl methyl sites for hydroxylation is 1. The van der Waals surface area contributed by atoms with Crippen molar-refractivity contribution in [2.45, 2.75) is 45.9 Å². The molecule has 0 radical (unpaired) electrons. The van der Waals surface area contributed by atoms with Gasteiger partial charge in [-0.3, -0.25) is 0 Å². The van der Waals surface area contributed by atoms with Crippen LogP contribution < -0.4 is 14.8 Å². The quantitative estimate of drug-likeness (QED) is 0.447. The summed E-state index contributed by atoms with van der Waals surface area (Å²) in [6, 6.07) is 25.4. The summed E-state index contributed by atoms with van der Waals surface area (Å²) in [5.41, 5.74) is 4.81. The van der Waals surface area contributed by atoms with E-state index >= 15 is 0 Å². The smallest absolute Gasteiger partial charge is 0.166 e. The van der Waals surface area contributed by atoms with E-state index in [1.165, 1.54) is 11.1 Å². The number of hydrogen-bond donors (Lipinski definition) is 1. The largest absolute Gasteiger partial charge is 0.493 e. The van der Waals surface area contributed by atoms with Crippen LogP contribution in [0.15, 0.2) is 72.8 Å². The molecule has 0 aliphatic rings. The van der Waals surface area contributed by atoms with Crippen molar-refractivity contribution in [3.8, 4) is 11.5 Å². The molecule has 3 rings (SSSR count). The van der Waals surface area contributed by atoms with E-state index in [0.717, 1.165) is 42.0 Å². The van der Waals surface area contributed by atoms with Gasteiger partial charge in [0.05, 0.1) is 7.11 Å². The van der Waals surface area contributed by atoms with Gasteiger partial charge in [-0.1, -0.05) is 85.6 Å². The van der Waals surface area contributed by atoms with E-state index in [1.54, 1.807) is 7.11 Å². The third-order valence-electron chi connectivity index (χ3n) is 5.06. The van der Waals surface area contributed by atoms with Crippen LogP contribution in [-0.4, -0.2) is 7.11 Å². The third kappa shape index (κ3) is 5.85. The van der Waals surface area contributed by atoms with E-state index in [0.29, 0.717) is 12.6 Å². The highest BCUT2D eigenvalue weighted by atomic mass is 16.5. The molecular formula is C26H31NO2. The highest BCUT2D eigenvalue weighted by Gasteiger charge is 2.14. The van der Waals surface area contributed by atoms with Crippen molar-refractivity contribution >= 4 is 0 Å². The summed E-state index contributed by atoms with van der Waals surface area (Å²) in [6.45, 7) is 5.56. The molecule has 3 nitrogen and oxygen atoms in total. The minimum atomic E-state index is 0.317. The zero-order valence-electron chi connectivity index (χ0n) is 17.7. The Hall–Kier alpha value is -2.78. The molecule has 0 aliphatic carbocycles. The highest BCUT2D eigenvalue weighted by molar-refractivity contribution is 5.47. The van der Waals surface area contributed by atoms with Gasteiger partial charge < -0.3 is 14.8 Å². The van der Waals surface area contributed by atoms with Crippen molar-refractivity contribution in [3.63, 3.8) is 0 Å². The van der Waals surface area contributed by atoms with Gasteiger partial charge in [0, 0.05) is 18.2 Å². The first-order valence-corrected chi connectivity index (χ1v) is 10.3. The van der Waals surface area contributed by atoms with Crippen LogP contribution in [-0.2, 0) is 13.2 Å². The van der Waals surface area contributed by atoms with Gasteiger partial charge in [-0.15, -0.1) is 0 Å². The topological polar surface area (TPSA) is 30.5 Å². The van der Waals surface area contributed by atoms with E-state index in [2.05, 4.69) is 79.8 Å². The minimum absolute atomic E-state index is 0.317. The normalized spacial score (nSPS) is 11.8. The van der Waals surface area contributed by atoms with Crippen molar-refractivity contribution in [1.29, 1.82) is 0 Å². The Kier molecular flexibility index (Phi) is 7.71. The third-order valence-corrected chi connectivity index (χ3v) is 5.06. The van der Waals surface area contributed by atoms with Gasteiger partial charge in [-0.2, -0.15) is 0 Å². The van der Waals surface area contributed by atoms with E-state index in [1.807, 2.05) is 12.1 Å². The van der Waals surface area contributed by atoms with Crippen LogP contribution in [0, 0.1) is 6.92 Å². The molecule has 0 fully saturated rings. The lowest BCUT2D eigenvalue weighted by Gasteiger charge is -2.21. The van der Waals surface area contributed by atoms with Gasteiger partial charge in [0.15, 0.2) is 11.5 Å². The molecule has 1 N–H and O–H groups in total. The van der Waals surface area contributed by atoms with Crippen LogP contribution in [0.5, 0.6) is 11.5 Å². The Labute approximate surface area is 174 Å². The lowest BCUT2D eigenvalue weighted by molar-refractivity contribution is 0.280. The summed E-state index contributed by atoms with van der Waals surface area (Å²) >= 11 is 0. The van der Waals surface area contributed by atoms with Crippen LogP contribution in [0.25, 0.3) is 0 Å². The molecule has 3 aromatic carbocycles. The second-order valence-electron chi connectivity index (χ2n) is 7.36. The van der Waals surface area contributed by atoms with Crippen molar-refractivity contribution in [3.05, 3.63) is 95.1 Å². The van der Waals surface area contributed by atoms with Gasteiger partial charge in [0.2, 0.25) is 0 Å². The Balaban J connectivity index is 1.76. The molecule has 0 heterocycles. The molecule has 0 aromatic heterocycles. The average molecular weight is 390 g/mol. The zero-order valence-corrected chi connectivity index (χ0v) is 17.7. The predicted molar refractivity (Wildman–Crippen MR) is 119 cm³/mol. The summed E-state index contributed by atoms with van der Waals surface area (Å²) in [6.07, 6.45) is 2.22. The first kappa shape index (κ1) is 20.9. The minimum Gasteiger partial charge on any atom is -0.493 e. The fourth-order valence-electron chi connectivity index (χ4n) is 3.58. The number of rotatable bonds is 10. The average Bonchev–Trinajstić information content (AvgIpc) is 2.76. The van der Waals surface area contributed by atoms with Crippen molar-refractivity contribution < 1.29 is 9.47 Å². The van der Waals surface area contributed by atoms with Gasteiger partial charge in [-0.25, -0.2) is 0 Å². The summed E-state index contributed by atoms with van der Waals surface area (Å²) in [5.74, 6) is 1.58. The fourth-order valence-corrected chi connectivity index (χ4v) is 3.58. The van der Waals surface area contributed by atoms with Crippen molar-refractivity contribution in [2.75, 3.05) is 7.11 Å². The highest BCUT2D eigenvalue weighted by Crippen LogP contribution is 2.32. The van der Waals surface area contributed by atoms with Crippen LogP contribution in [0.1, 0.15) is 48.1 Å². The maximum absolute atomic E-state index is 6.23. The van der Waals surface area contributed by atoms with Gasteiger partial charge in [-0.05, 0) is 30.5 Å². The van der Waals surface area contributed by atoms with Crippen LogP contribution >= 0.6 is 0 Å². The first-order chi connectivity index (χ1) is 14.2. The van der Waals surface area contributed by atoms with Crippen LogP contribution in [0.3, 0.4) is 0 Å². The van der Waals surface area contributed by atoms with E-state index in [9.17, 15) is 0 Å². The Morgan fingerprint density at radius 3 is 2.45 bits per heavy atom. The molecule has 29 heavy (non-hydrogen) atoms. The number of methoxy groups -OCH3 is 1. The molecule has 0 bridgehead atoms. The summed E-state index contributed by atoms with van der Waals surface area (Å²) in [7, 11) is 1.69. The van der Waals surface area contributed by atoms with E-state index in [-0.39, 0.29) is 0 Å². The second kappa shape index (κ2) is 10.7. The van der Waals surface area contributed by atoms with E-state index in [4.69, 9.17) is 9.47 Å². The predicted octanol–water partition coefficient (Wildman–Crippen LogP) is 6.21. The summed E-state index contributed by atoms with van der Waals surface area (Å²) in [4.78, 5) is 0. The Morgan fingerprint density at radius 1 is 0.931 bits per heavy atom. The molecule has 1 unspecified atom stereocenters. The SMILES string of the molecule is CCCC(NCc1cccc(OC)c1OCc1cccc(C)c1)c1ccccc1. The molecule has 3 heteroatoms. The molecule has 0 amide bonds. The summed E-state index contributed by atoms with van der Waals surface area (Å²) in [5, 5.41) is 3.72. The number of para-hydroxylation sites is 1. The Bertz CT molecular complexity index is 892. The molecule has 0 aliphatic heterocycles. The number of nitrogens with one attached hydrogen (secondary N) is 1. The first-order valence-electron chi connectivity index (χ1n) is 10.3. The molecule has 1 atom stereocenters. The maximum Gasteiger partial charge on any atom is 0.166 e. The molecule has 0 spiro atoms. The van der Waals surface area contributed by atoms with Gasteiger partial charge in [0.1, 0.15) is 6.61 Å². The number of benzene rings is 3. The molecule has 0 saturated heterocycles. The van der Waals surface area contributed by atoms with Gasteiger partial charge in [0.25, 0.3) is 0 Å². The molecule has 0 saturated carbocycles. The molecule has 152 valence electrons. The van der Waals surface area contributed by atoms with Crippen molar-refractivity contribution in [1.82, 2.24) is 5.32 Å². The van der Waals surface area contributed by atoms with Crippen molar-refractivity contribution in [2.24, 2.45) is 0 Å². The lowest BCUT2D eigenvalue weighted by atomic mass is 10.0. The Morgan fingerprint density at radius 2 is 1.72 bits per heavy atom. The maximum atomic E-state index is 6.23. The summed E-state index contributed by atoms with van der Waals surface area (Å²) < 4.78 is 11.8. The lowest BCUT2D eigenvalue weighted by Crippen LogP contribution is -2.21. The molecular weight excluding hydrogens is 358 g/mol. The number of hydrogen-bond acceptors (Lipinski definition) is 3. The van der Waals surface area contributed by atoms with Crippen LogP contribution in [0.2, 0.25) is 0 Å². The zero-order chi connectivity index (χ0) is 20.5. The van der Waals surface area contributed by atoms with E-state index < -0.39 is 0 Å². The van der Waals surface area contributed by atoms with Gasteiger partial charge >= 0.3 is 0 Å². The number of ether oxygens (including phenoxy) is 2. The standard InChI is InChI=1S/C26H31NO2/c1-4-10-24(22-13-6-5-7-14-22)27-18-23-15-9-16-25(28-3)26(23)29-19-21-12-8-11-20(2)17-21/h5-9,11-17,24,27H,4,10,18-19H2,1-3H3. The monoisotopic (exact) mass is 389 g/mol. The molecule has 3 aromatic rings.